The molecule has 0 saturated heterocycles. The van der Waals surface area contributed by atoms with E-state index >= 15 is 0 Å². The number of ether oxygens (including phenoxy) is 1. The van der Waals surface area contributed by atoms with Crippen molar-refractivity contribution in [2.45, 2.75) is 30.0 Å². The second-order valence-electron chi connectivity index (χ2n) is 6.90. The Labute approximate surface area is 192 Å². The van der Waals surface area contributed by atoms with Gasteiger partial charge in [0.05, 0.1) is 25.6 Å². The molecule has 30 heavy (non-hydrogen) atoms. The van der Waals surface area contributed by atoms with Gasteiger partial charge < -0.3 is 15.0 Å². The predicted molar refractivity (Wildman–Crippen MR) is 130 cm³/mol. The van der Waals surface area contributed by atoms with Crippen molar-refractivity contribution in [1.29, 1.82) is 0 Å². The molecular weight excluding hydrogens is 482 g/mol. The third-order valence-corrected chi connectivity index (χ3v) is 7.46. The summed E-state index contributed by atoms with van der Waals surface area (Å²) in [6, 6.07) is 12.3. The minimum absolute atomic E-state index is 0.487. The molecule has 3 heterocycles. The smallest absolute Gasteiger partial charge is 0.152 e. The fraction of sp³-hybridized carbons (Fsp3) is 0.333. The first-order valence-corrected chi connectivity index (χ1v) is 12.3. The van der Waals surface area contributed by atoms with Crippen molar-refractivity contribution < 1.29 is 4.74 Å². The largest absolute Gasteiger partial charge is 0.384 e. The molecular formula is C21H24BrN5OS2. The molecule has 158 valence electrons. The molecule has 9 heteroatoms. The van der Waals surface area contributed by atoms with Crippen LogP contribution in [0.2, 0.25) is 0 Å². The lowest BCUT2D eigenvalue weighted by molar-refractivity contribution is 0.199. The van der Waals surface area contributed by atoms with Crippen LogP contribution in [0.1, 0.15) is 18.7 Å². The zero-order chi connectivity index (χ0) is 20.9. The molecule has 0 aliphatic heterocycles. The number of para-hydroxylation sites is 1. The molecule has 0 radical (unpaired) electrons. The topological polar surface area (TPSA) is 78.0 Å². The van der Waals surface area contributed by atoms with Crippen LogP contribution in [0.25, 0.3) is 21.9 Å². The Balaban J connectivity index is 1.49. The molecule has 4 rings (SSSR count). The summed E-state index contributed by atoms with van der Waals surface area (Å²) in [6.45, 7) is 2.47. The molecule has 4 aromatic rings. The fourth-order valence-corrected chi connectivity index (χ4v) is 6.05. The Bertz CT molecular complexity index is 1140. The van der Waals surface area contributed by atoms with E-state index in [9.17, 15) is 0 Å². The van der Waals surface area contributed by atoms with Crippen LogP contribution in [0.5, 0.6) is 0 Å². The number of hydrogen-bond acceptors (Lipinski definition) is 7. The number of aryl methyl sites for hydroxylation is 1. The Morgan fingerprint density at radius 3 is 2.87 bits per heavy atom. The van der Waals surface area contributed by atoms with Gasteiger partial charge in [-0.15, -0.1) is 11.3 Å². The molecule has 0 bridgehead atoms. The maximum absolute atomic E-state index is 6.25. The maximum Gasteiger partial charge on any atom is 0.152 e. The standard InChI is InChI=1S/C21H24BrN5OS2/c1-28-13-10-17-26-19-20(14-6-2-3-7-15(14)25-21(19)23)27(17)12-5-4-11-24-30-18-9-8-16(22)29-18/h2-3,6-9,24H,4-5,10-13H2,1H3,(H2,23,25). The summed E-state index contributed by atoms with van der Waals surface area (Å²) in [6.07, 6.45) is 2.87. The van der Waals surface area contributed by atoms with Crippen LogP contribution in [-0.2, 0) is 17.7 Å². The van der Waals surface area contributed by atoms with Gasteiger partial charge in [-0.2, -0.15) is 0 Å². The molecule has 0 atom stereocenters. The van der Waals surface area contributed by atoms with Gasteiger partial charge in [-0.1, -0.05) is 18.2 Å². The number of halogens is 1. The van der Waals surface area contributed by atoms with Crippen molar-refractivity contribution in [3.05, 3.63) is 46.0 Å². The van der Waals surface area contributed by atoms with Gasteiger partial charge >= 0.3 is 0 Å². The SMILES string of the molecule is COCCc1nc2c(N)nc3ccccc3c2n1CCCCNSc1ccc(Br)s1. The van der Waals surface area contributed by atoms with Crippen LogP contribution in [0, 0.1) is 0 Å². The first kappa shape index (κ1) is 21.6. The minimum Gasteiger partial charge on any atom is -0.384 e. The number of methoxy groups -OCH3 is 1. The average molecular weight is 506 g/mol. The number of hydrogen-bond donors (Lipinski definition) is 2. The van der Waals surface area contributed by atoms with E-state index < -0.39 is 0 Å². The number of nitrogens with one attached hydrogen (secondary N) is 1. The van der Waals surface area contributed by atoms with Gasteiger partial charge in [-0.25, -0.2) is 9.97 Å². The van der Waals surface area contributed by atoms with Crippen molar-refractivity contribution in [2.24, 2.45) is 0 Å². The summed E-state index contributed by atoms with van der Waals surface area (Å²) in [5, 5.41) is 1.09. The minimum atomic E-state index is 0.487. The van der Waals surface area contributed by atoms with E-state index in [0.717, 1.165) is 63.9 Å². The van der Waals surface area contributed by atoms with E-state index in [0.29, 0.717) is 12.4 Å². The molecule has 1 aromatic carbocycles. The molecule has 3 aromatic heterocycles. The van der Waals surface area contributed by atoms with Crippen molar-refractivity contribution in [2.75, 3.05) is 26.0 Å². The molecule has 3 N–H and O–H groups in total. The average Bonchev–Trinajstić information content (AvgIpc) is 3.33. The molecule has 0 fully saturated rings. The third-order valence-electron chi connectivity index (χ3n) is 4.85. The highest BCUT2D eigenvalue weighted by atomic mass is 79.9. The van der Waals surface area contributed by atoms with E-state index in [4.69, 9.17) is 15.5 Å². The van der Waals surface area contributed by atoms with Crippen molar-refractivity contribution in [3.8, 4) is 0 Å². The number of thiophene rings is 1. The zero-order valence-electron chi connectivity index (χ0n) is 16.7. The van der Waals surface area contributed by atoms with Crippen LogP contribution in [0.3, 0.4) is 0 Å². The fourth-order valence-electron chi connectivity index (χ4n) is 3.47. The van der Waals surface area contributed by atoms with E-state index in [2.05, 4.69) is 48.4 Å². The quantitative estimate of drug-likeness (QED) is 0.226. The van der Waals surface area contributed by atoms with Gasteiger partial charge in [0.25, 0.3) is 0 Å². The Morgan fingerprint density at radius 1 is 1.20 bits per heavy atom. The van der Waals surface area contributed by atoms with Gasteiger partial charge in [0.15, 0.2) is 5.82 Å². The van der Waals surface area contributed by atoms with Crippen molar-refractivity contribution >= 4 is 67.0 Å². The second kappa shape index (κ2) is 10.1. The molecule has 0 aliphatic rings. The van der Waals surface area contributed by atoms with Crippen LogP contribution in [0.4, 0.5) is 5.82 Å². The van der Waals surface area contributed by atoms with Crippen molar-refractivity contribution in [3.63, 3.8) is 0 Å². The van der Waals surface area contributed by atoms with Gasteiger partial charge in [-0.05, 0) is 58.9 Å². The first-order valence-electron chi connectivity index (χ1n) is 9.84. The van der Waals surface area contributed by atoms with Gasteiger partial charge in [0, 0.05) is 32.0 Å². The first-order chi connectivity index (χ1) is 14.7. The second-order valence-corrected chi connectivity index (χ2v) is 10.5. The lowest BCUT2D eigenvalue weighted by Gasteiger charge is -2.11. The normalized spacial score (nSPS) is 11.7. The highest BCUT2D eigenvalue weighted by Gasteiger charge is 2.16. The summed E-state index contributed by atoms with van der Waals surface area (Å²) in [4.78, 5) is 9.37. The van der Waals surface area contributed by atoms with Crippen LogP contribution in [0.15, 0.2) is 44.4 Å². The number of aromatic nitrogens is 3. The van der Waals surface area contributed by atoms with Gasteiger partial charge in [0.2, 0.25) is 0 Å². The Hall–Kier alpha value is -1.65. The molecule has 0 unspecified atom stereocenters. The van der Waals surface area contributed by atoms with Crippen LogP contribution < -0.4 is 10.5 Å². The number of unbranched alkanes of at least 4 members (excludes halogenated alkanes) is 1. The number of pyridine rings is 1. The van der Waals surface area contributed by atoms with E-state index in [1.807, 2.05) is 18.2 Å². The van der Waals surface area contributed by atoms with E-state index in [1.54, 1.807) is 30.4 Å². The summed E-state index contributed by atoms with van der Waals surface area (Å²) >= 11 is 6.93. The molecule has 0 aliphatic carbocycles. The number of nitrogens with two attached hydrogens (primary N) is 1. The number of imidazole rings is 1. The summed E-state index contributed by atoms with van der Waals surface area (Å²) in [5.41, 5.74) is 9.02. The molecule has 0 saturated carbocycles. The summed E-state index contributed by atoms with van der Waals surface area (Å²) in [7, 11) is 1.72. The Morgan fingerprint density at radius 2 is 2.07 bits per heavy atom. The van der Waals surface area contributed by atoms with Gasteiger partial charge in [-0.3, -0.25) is 4.72 Å². The number of nitrogen functional groups attached to an aromatic ring is 1. The summed E-state index contributed by atoms with van der Waals surface area (Å²) < 4.78 is 13.5. The predicted octanol–water partition coefficient (Wildman–Crippen LogP) is 5.26. The number of anilines is 1. The number of nitrogens with zero attached hydrogens (tertiary/aromatic N) is 3. The number of fused-ring (bicyclic) bond motifs is 3. The highest BCUT2D eigenvalue weighted by Crippen LogP contribution is 2.30. The molecule has 0 amide bonds. The molecule has 6 nitrogen and oxygen atoms in total. The van der Waals surface area contributed by atoms with E-state index in [1.165, 1.54) is 4.21 Å². The Kier molecular flexibility index (Phi) is 7.27. The van der Waals surface area contributed by atoms with E-state index in [-0.39, 0.29) is 0 Å². The van der Waals surface area contributed by atoms with Crippen LogP contribution in [-0.4, -0.2) is 34.8 Å². The zero-order valence-corrected chi connectivity index (χ0v) is 19.9. The third kappa shape index (κ3) is 4.81. The van der Waals surface area contributed by atoms with Gasteiger partial charge in [0.1, 0.15) is 11.3 Å². The lowest BCUT2D eigenvalue weighted by Crippen LogP contribution is -2.10. The highest BCUT2D eigenvalue weighted by molar-refractivity contribution is 9.11. The van der Waals surface area contributed by atoms with Crippen molar-refractivity contribution in [1.82, 2.24) is 19.3 Å². The monoisotopic (exact) mass is 505 g/mol. The van der Waals surface area contributed by atoms with Crippen LogP contribution >= 0.6 is 39.2 Å². The summed E-state index contributed by atoms with van der Waals surface area (Å²) in [5.74, 6) is 1.49. The lowest BCUT2D eigenvalue weighted by atomic mass is 10.2. The molecule has 0 spiro atoms. The number of rotatable bonds is 10. The number of benzene rings is 1. The maximum atomic E-state index is 6.25.